The van der Waals surface area contributed by atoms with E-state index in [-0.39, 0.29) is 18.1 Å². The summed E-state index contributed by atoms with van der Waals surface area (Å²) in [4.78, 5) is 20.1. The van der Waals surface area contributed by atoms with E-state index in [1.54, 1.807) is 0 Å². The third kappa shape index (κ3) is 4.57. The van der Waals surface area contributed by atoms with Crippen molar-refractivity contribution >= 4 is 11.6 Å². The van der Waals surface area contributed by atoms with Crippen molar-refractivity contribution in [3.8, 4) is 0 Å². The van der Waals surface area contributed by atoms with Crippen LogP contribution >= 0.6 is 0 Å². The molecule has 1 aromatic heterocycles. The molecular weight excluding hydrogens is 247 g/mol. The summed E-state index contributed by atoms with van der Waals surface area (Å²) in [5.41, 5.74) is 0. The van der Waals surface area contributed by atoms with Crippen LogP contribution in [0.1, 0.15) is 0 Å². The fourth-order valence-corrected chi connectivity index (χ4v) is 1.98. The van der Waals surface area contributed by atoms with Gasteiger partial charge in [0.2, 0.25) is 0 Å². The summed E-state index contributed by atoms with van der Waals surface area (Å²) in [6, 6.07) is 2.85. The van der Waals surface area contributed by atoms with E-state index in [0.29, 0.717) is 12.4 Å². The van der Waals surface area contributed by atoms with Crippen molar-refractivity contribution in [2.75, 3.05) is 51.6 Å². The lowest BCUT2D eigenvalue weighted by molar-refractivity contribution is -0.118. The Morgan fingerprint density at radius 1 is 1.37 bits per heavy atom. The van der Waals surface area contributed by atoms with Crippen molar-refractivity contribution in [1.29, 1.82) is 0 Å². The number of anilines is 1. The zero-order valence-electron chi connectivity index (χ0n) is 11.1. The van der Waals surface area contributed by atoms with Gasteiger partial charge < -0.3 is 10.2 Å². The Morgan fingerprint density at radius 2 is 2.11 bits per heavy atom. The Balaban J connectivity index is 1.71. The number of ketones is 1. The van der Waals surface area contributed by atoms with Gasteiger partial charge in [0.05, 0.1) is 19.3 Å². The number of hydrogen-bond acceptors (Lipinski definition) is 5. The normalized spacial score (nSPS) is 17.4. The minimum Gasteiger partial charge on any atom is -0.363 e. The molecule has 1 aromatic rings. The Bertz CT molecular complexity index is 415. The average Bonchev–Trinajstić information content (AvgIpc) is 2.41. The third-order valence-electron chi connectivity index (χ3n) is 3.19. The summed E-state index contributed by atoms with van der Waals surface area (Å²) in [6.45, 7) is 4.54. The second-order valence-electron chi connectivity index (χ2n) is 4.83. The van der Waals surface area contributed by atoms with Crippen molar-refractivity contribution in [3.63, 3.8) is 0 Å². The highest BCUT2D eigenvalue weighted by atomic mass is 19.1. The predicted molar refractivity (Wildman–Crippen MR) is 71.6 cm³/mol. The van der Waals surface area contributed by atoms with Crippen molar-refractivity contribution in [2.24, 2.45) is 0 Å². The third-order valence-corrected chi connectivity index (χ3v) is 3.19. The maximum absolute atomic E-state index is 12.7. The fourth-order valence-electron chi connectivity index (χ4n) is 1.98. The molecule has 0 bridgehead atoms. The Morgan fingerprint density at radius 3 is 2.74 bits per heavy atom. The zero-order chi connectivity index (χ0) is 13.7. The molecule has 0 unspecified atom stereocenters. The fraction of sp³-hybridized carbons (Fsp3) is 0.538. The summed E-state index contributed by atoms with van der Waals surface area (Å²) < 4.78 is 12.7. The molecule has 0 aliphatic carbocycles. The van der Waals surface area contributed by atoms with Gasteiger partial charge in [0.1, 0.15) is 11.6 Å². The summed E-state index contributed by atoms with van der Waals surface area (Å²) in [7, 11) is 2.08. The molecule has 0 radical (unpaired) electrons. The lowest BCUT2D eigenvalue weighted by atomic mass is 10.3. The molecule has 0 atom stereocenters. The minimum absolute atomic E-state index is 0.121. The molecule has 1 aliphatic heterocycles. The number of carbonyl (C=O) groups is 1. The molecule has 2 rings (SSSR count). The first-order valence-corrected chi connectivity index (χ1v) is 6.41. The number of aromatic nitrogens is 1. The average molecular weight is 266 g/mol. The van der Waals surface area contributed by atoms with E-state index in [9.17, 15) is 9.18 Å². The van der Waals surface area contributed by atoms with Gasteiger partial charge in [0.25, 0.3) is 0 Å². The highest BCUT2D eigenvalue weighted by Gasteiger charge is 2.16. The van der Waals surface area contributed by atoms with Crippen LogP contribution in [-0.2, 0) is 4.79 Å². The number of Topliss-reactive ketones (excluding diaryl/α,β-unsaturated/α-hetero) is 1. The van der Waals surface area contributed by atoms with Crippen molar-refractivity contribution in [3.05, 3.63) is 24.1 Å². The Hall–Kier alpha value is -1.53. The van der Waals surface area contributed by atoms with Crippen LogP contribution in [0.25, 0.3) is 0 Å². The maximum Gasteiger partial charge on any atom is 0.165 e. The number of nitrogens with zero attached hydrogens (tertiary/aromatic N) is 3. The van der Waals surface area contributed by atoms with E-state index in [2.05, 4.69) is 27.1 Å². The number of rotatable bonds is 5. The molecule has 0 spiro atoms. The standard InChI is InChI=1S/C13H19FN4O/c1-17-4-6-18(7-5-17)10-12(19)9-16-13-3-2-11(14)8-15-13/h2-3,8H,4-7,9-10H2,1H3,(H,15,16). The van der Waals surface area contributed by atoms with Crippen molar-refractivity contribution < 1.29 is 9.18 Å². The van der Waals surface area contributed by atoms with Gasteiger partial charge in [-0.3, -0.25) is 9.69 Å². The summed E-state index contributed by atoms with van der Waals surface area (Å²) in [5, 5.41) is 2.91. The van der Waals surface area contributed by atoms with Gasteiger partial charge in [-0.05, 0) is 19.2 Å². The van der Waals surface area contributed by atoms with Crippen LogP contribution < -0.4 is 5.32 Å². The molecule has 0 saturated carbocycles. The molecular formula is C13H19FN4O. The first kappa shape index (κ1) is 13.9. The quantitative estimate of drug-likeness (QED) is 0.838. The number of nitrogens with one attached hydrogen (secondary N) is 1. The van der Waals surface area contributed by atoms with E-state index in [1.807, 2.05) is 0 Å². The first-order valence-electron chi connectivity index (χ1n) is 6.41. The van der Waals surface area contributed by atoms with Gasteiger partial charge in [-0.2, -0.15) is 0 Å². The number of pyridine rings is 1. The van der Waals surface area contributed by atoms with E-state index in [1.165, 1.54) is 12.1 Å². The number of halogens is 1. The molecule has 5 nitrogen and oxygen atoms in total. The van der Waals surface area contributed by atoms with Gasteiger partial charge in [-0.25, -0.2) is 9.37 Å². The van der Waals surface area contributed by atoms with Gasteiger partial charge in [-0.1, -0.05) is 0 Å². The van der Waals surface area contributed by atoms with Gasteiger partial charge >= 0.3 is 0 Å². The van der Waals surface area contributed by atoms with Gasteiger partial charge in [-0.15, -0.1) is 0 Å². The molecule has 1 fully saturated rings. The largest absolute Gasteiger partial charge is 0.363 e. The lowest BCUT2D eigenvalue weighted by Crippen LogP contribution is -2.46. The smallest absolute Gasteiger partial charge is 0.165 e. The molecule has 1 N–H and O–H groups in total. The summed E-state index contributed by atoms with van der Waals surface area (Å²) in [5.74, 6) is 0.262. The SMILES string of the molecule is CN1CCN(CC(=O)CNc2ccc(F)cn2)CC1. The van der Waals surface area contributed by atoms with Crippen LogP contribution in [0, 0.1) is 5.82 Å². The van der Waals surface area contributed by atoms with Crippen molar-refractivity contribution in [1.82, 2.24) is 14.8 Å². The second-order valence-corrected chi connectivity index (χ2v) is 4.83. The highest BCUT2D eigenvalue weighted by molar-refractivity contribution is 5.84. The molecule has 1 saturated heterocycles. The zero-order valence-corrected chi connectivity index (χ0v) is 11.1. The molecule has 19 heavy (non-hydrogen) atoms. The highest BCUT2D eigenvalue weighted by Crippen LogP contribution is 2.03. The molecule has 2 heterocycles. The summed E-state index contributed by atoms with van der Waals surface area (Å²) >= 11 is 0. The van der Waals surface area contributed by atoms with Crippen LogP contribution in [0.15, 0.2) is 18.3 Å². The van der Waals surface area contributed by atoms with E-state index in [4.69, 9.17) is 0 Å². The predicted octanol–water partition coefficient (Wildman–Crippen LogP) is 0.449. The van der Waals surface area contributed by atoms with Crippen LogP contribution in [0.3, 0.4) is 0 Å². The minimum atomic E-state index is -0.380. The van der Waals surface area contributed by atoms with Gasteiger partial charge in [0.15, 0.2) is 5.78 Å². The number of carbonyl (C=O) groups excluding carboxylic acids is 1. The van der Waals surface area contributed by atoms with Crippen LogP contribution in [-0.4, -0.2) is 66.9 Å². The van der Waals surface area contributed by atoms with Crippen LogP contribution in [0.5, 0.6) is 0 Å². The lowest BCUT2D eigenvalue weighted by Gasteiger charge is -2.31. The Labute approximate surface area is 112 Å². The maximum atomic E-state index is 12.7. The van der Waals surface area contributed by atoms with Crippen LogP contribution in [0.2, 0.25) is 0 Å². The molecule has 104 valence electrons. The van der Waals surface area contributed by atoms with Gasteiger partial charge in [0, 0.05) is 26.2 Å². The van der Waals surface area contributed by atoms with E-state index < -0.39 is 0 Å². The summed E-state index contributed by atoms with van der Waals surface area (Å²) in [6.07, 6.45) is 1.13. The molecule has 6 heteroatoms. The number of likely N-dealkylation sites (N-methyl/N-ethyl adjacent to an activating group) is 1. The van der Waals surface area contributed by atoms with Crippen LogP contribution in [0.4, 0.5) is 10.2 Å². The van der Waals surface area contributed by atoms with Crippen molar-refractivity contribution in [2.45, 2.75) is 0 Å². The van der Waals surface area contributed by atoms with E-state index >= 15 is 0 Å². The number of piperazine rings is 1. The Kier molecular flexibility index (Phi) is 4.81. The topological polar surface area (TPSA) is 48.5 Å². The second kappa shape index (κ2) is 6.58. The first-order chi connectivity index (χ1) is 9.13. The van der Waals surface area contributed by atoms with E-state index in [0.717, 1.165) is 32.4 Å². The molecule has 0 amide bonds. The monoisotopic (exact) mass is 266 g/mol. The number of hydrogen-bond donors (Lipinski definition) is 1. The molecule has 0 aromatic carbocycles. The molecule has 1 aliphatic rings.